The van der Waals surface area contributed by atoms with E-state index < -0.39 is 17.5 Å². The normalized spacial score (nSPS) is 14.3. The monoisotopic (exact) mass is 484 g/mol. The molecule has 0 aliphatic carbocycles. The van der Waals surface area contributed by atoms with Gasteiger partial charge in [0.2, 0.25) is 5.91 Å². The Labute approximate surface area is 195 Å². The molecule has 33 heavy (non-hydrogen) atoms. The summed E-state index contributed by atoms with van der Waals surface area (Å²) in [5.74, 6) is -1.40. The Morgan fingerprint density at radius 1 is 1.24 bits per heavy atom. The van der Waals surface area contributed by atoms with Crippen LogP contribution in [0, 0.1) is 25.5 Å². The summed E-state index contributed by atoms with van der Waals surface area (Å²) in [5.41, 5.74) is 2.31. The van der Waals surface area contributed by atoms with Gasteiger partial charge in [-0.25, -0.2) is 18.7 Å². The van der Waals surface area contributed by atoms with E-state index in [2.05, 4.69) is 4.98 Å². The average molecular weight is 485 g/mol. The maximum absolute atomic E-state index is 14.3. The van der Waals surface area contributed by atoms with Gasteiger partial charge < -0.3 is 0 Å². The smallest absolute Gasteiger partial charge is 0.262 e. The van der Waals surface area contributed by atoms with Crippen molar-refractivity contribution in [2.24, 2.45) is 0 Å². The summed E-state index contributed by atoms with van der Waals surface area (Å²) in [6, 6.07) is 3.04. The van der Waals surface area contributed by atoms with E-state index in [9.17, 15) is 18.4 Å². The summed E-state index contributed by atoms with van der Waals surface area (Å²) in [7, 11) is 0. The molecule has 0 N–H and O–H groups in total. The zero-order chi connectivity index (χ0) is 23.4. The van der Waals surface area contributed by atoms with E-state index >= 15 is 0 Å². The minimum absolute atomic E-state index is 0.0336. The lowest BCUT2D eigenvalue weighted by Gasteiger charge is -2.18. The number of aromatic nitrogens is 3. The number of rotatable bonds is 3. The first-order chi connectivity index (χ1) is 15.7. The van der Waals surface area contributed by atoms with Gasteiger partial charge in [0.15, 0.2) is 5.13 Å². The van der Waals surface area contributed by atoms with Crippen molar-refractivity contribution in [3.8, 4) is 0 Å². The lowest BCUT2D eigenvalue weighted by molar-refractivity contribution is -0.115. The topological polar surface area (TPSA) is 68.1 Å². The fourth-order valence-corrected chi connectivity index (χ4v) is 5.81. The molecule has 4 aromatic rings. The molecule has 0 bridgehead atoms. The fourth-order valence-electron chi connectivity index (χ4n) is 3.95. The van der Waals surface area contributed by atoms with Crippen LogP contribution in [0.1, 0.15) is 35.3 Å². The molecule has 0 radical (unpaired) electrons. The summed E-state index contributed by atoms with van der Waals surface area (Å²) in [6.07, 6.45) is 2.47. The number of aryl methyl sites for hydroxylation is 2. The van der Waals surface area contributed by atoms with Crippen molar-refractivity contribution < 1.29 is 13.6 Å². The Kier molecular flexibility index (Phi) is 5.21. The molecule has 10 heteroatoms. The standard InChI is InChI=1S/C23H18F2N4O2S2/c1-11-12(2)33-21-19(11)22(31)28-7-6-14(20(28)27-21)8-16-10-32-23(26-16)29(13(3)30)18-5-4-15(24)9-17(18)25/h4-5,8-10H,6-7H2,1-3H3/b14-8+. The summed E-state index contributed by atoms with van der Waals surface area (Å²) < 4.78 is 29.3. The first kappa shape index (κ1) is 21.6. The number of thiophene rings is 1. The Balaban J connectivity index is 1.54. The number of carbonyl (C=O) groups excluding carboxylic acids is 1. The van der Waals surface area contributed by atoms with Gasteiger partial charge in [0.05, 0.1) is 16.8 Å². The maximum atomic E-state index is 14.3. The number of halogens is 2. The van der Waals surface area contributed by atoms with Crippen molar-refractivity contribution in [3.05, 3.63) is 67.5 Å². The van der Waals surface area contributed by atoms with E-state index in [-0.39, 0.29) is 16.4 Å². The third kappa shape index (κ3) is 3.59. The van der Waals surface area contributed by atoms with Crippen LogP contribution in [0.5, 0.6) is 0 Å². The number of allylic oxidation sites excluding steroid dienone is 1. The van der Waals surface area contributed by atoms with Gasteiger partial charge in [0.1, 0.15) is 22.3 Å². The highest BCUT2D eigenvalue weighted by Gasteiger charge is 2.25. The second-order valence-corrected chi connectivity index (χ2v) is 9.82. The molecule has 168 valence electrons. The lowest BCUT2D eigenvalue weighted by Crippen LogP contribution is -2.23. The van der Waals surface area contributed by atoms with Gasteiger partial charge in [-0.2, -0.15) is 0 Å². The fraction of sp³-hybridized carbons (Fsp3) is 0.217. The molecule has 0 saturated heterocycles. The second-order valence-electron chi connectivity index (χ2n) is 7.78. The summed E-state index contributed by atoms with van der Waals surface area (Å²) >= 11 is 2.68. The molecule has 1 amide bonds. The van der Waals surface area contributed by atoms with Crippen molar-refractivity contribution >= 4 is 61.3 Å². The Morgan fingerprint density at radius 3 is 2.76 bits per heavy atom. The highest BCUT2D eigenvalue weighted by atomic mass is 32.1. The van der Waals surface area contributed by atoms with Crippen molar-refractivity contribution in [1.29, 1.82) is 0 Å². The van der Waals surface area contributed by atoms with Gasteiger partial charge in [0.25, 0.3) is 5.56 Å². The van der Waals surface area contributed by atoms with Crippen LogP contribution in [0.4, 0.5) is 19.6 Å². The summed E-state index contributed by atoms with van der Waals surface area (Å²) in [5, 5.41) is 2.69. The predicted molar refractivity (Wildman–Crippen MR) is 127 cm³/mol. The molecular formula is C23H18F2N4O2S2. The molecule has 3 aromatic heterocycles. The molecule has 1 aliphatic rings. The number of hydrogen-bond acceptors (Lipinski definition) is 6. The lowest BCUT2D eigenvalue weighted by atomic mass is 10.2. The number of benzene rings is 1. The number of thiazole rings is 1. The molecule has 5 rings (SSSR count). The van der Waals surface area contributed by atoms with Crippen molar-refractivity contribution in [2.45, 2.75) is 33.7 Å². The van der Waals surface area contributed by atoms with E-state index in [1.807, 2.05) is 19.9 Å². The van der Waals surface area contributed by atoms with E-state index in [0.29, 0.717) is 29.9 Å². The van der Waals surface area contributed by atoms with Crippen molar-refractivity contribution in [2.75, 3.05) is 4.90 Å². The number of nitrogens with zero attached hydrogens (tertiary/aromatic N) is 4. The molecule has 0 spiro atoms. The molecule has 6 nitrogen and oxygen atoms in total. The zero-order valence-electron chi connectivity index (χ0n) is 18.0. The van der Waals surface area contributed by atoms with Crippen LogP contribution in [-0.4, -0.2) is 20.4 Å². The van der Waals surface area contributed by atoms with E-state index in [0.717, 1.165) is 37.9 Å². The molecular weight excluding hydrogens is 466 g/mol. The van der Waals surface area contributed by atoms with Crippen LogP contribution in [-0.2, 0) is 11.3 Å². The van der Waals surface area contributed by atoms with Crippen LogP contribution in [0.25, 0.3) is 21.9 Å². The molecule has 1 aliphatic heterocycles. The number of carbonyl (C=O) groups is 1. The third-order valence-electron chi connectivity index (χ3n) is 5.67. The predicted octanol–water partition coefficient (Wildman–Crippen LogP) is 5.44. The SMILES string of the molecule is CC(=O)N(c1nc(/C=C2\CCn3c2nc2sc(C)c(C)c2c3=O)cs1)c1ccc(F)cc1F. The first-order valence-electron chi connectivity index (χ1n) is 10.2. The van der Waals surface area contributed by atoms with Crippen LogP contribution in [0.2, 0.25) is 0 Å². The number of fused-ring (bicyclic) bond motifs is 2. The largest absolute Gasteiger partial charge is 0.292 e. The quantitative estimate of drug-likeness (QED) is 0.388. The minimum Gasteiger partial charge on any atom is -0.292 e. The van der Waals surface area contributed by atoms with E-state index in [1.54, 1.807) is 9.95 Å². The van der Waals surface area contributed by atoms with Crippen LogP contribution in [0.15, 0.2) is 28.4 Å². The Bertz CT molecular complexity index is 1530. The van der Waals surface area contributed by atoms with Gasteiger partial charge >= 0.3 is 0 Å². The highest BCUT2D eigenvalue weighted by molar-refractivity contribution is 7.18. The molecule has 0 saturated carbocycles. The molecule has 4 heterocycles. The first-order valence-corrected chi connectivity index (χ1v) is 11.9. The van der Waals surface area contributed by atoms with Gasteiger partial charge in [0, 0.05) is 29.8 Å². The molecule has 1 aromatic carbocycles. The van der Waals surface area contributed by atoms with Crippen LogP contribution < -0.4 is 10.5 Å². The molecule has 0 fully saturated rings. The number of anilines is 2. The van der Waals surface area contributed by atoms with E-state index in [1.165, 1.54) is 35.7 Å². The van der Waals surface area contributed by atoms with Crippen molar-refractivity contribution in [1.82, 2.24) is 14.5 Å². The van der Waals surface area contributed by atoms with Gasteiger partial charge in [-0.3, -0.25) is 19.1 Å². The summed E-state index contributed by atoms with van der Waals surface area (Å²) in [6.45, 7) is 5.75. The number of amides is 1. The van der Waals surface area contributed by atoms with Gasteiger partial charge in [-0.05, 0) is 49.6 Å². The Hall–Kier alpha value is -3.24. The second kappa shape index (κ2) is 7.96. The number of hydrogen-bond donors (Lipinski definition) is 0. The summed E-state index contributed by atoms with van der Waals surface area (Å²) in [4.78, 5) is 37.4. The minimum atomic E-state index is -0.848. The highest BCUT2D eigenvalue weighted by Crippen LogP contribution is 2.34. The Morgan fingerprint density at radius 2 is 2.03 bits per heavy atom. The van der Waals surface area contributed by atoms with Crippen LogP contribution >= 0.6 is 22.7 Å². The zero-order valence-corrected chi connectivity index (χ0v) is 19.6. The van der Waals surface area contributed by atoms with Crippen molar-refractivity contribution in [3.63, 3.8) is 0 Å². The third-order valence-corrected chi connectivity index (χ3v) is 7.61. The average Bonchev–Trinajstić information content (AvgIpc) is 3.44. The molecule has 0 unspecified atom stereocenters. The van der Waals surface area contributed by atoms with Gasteiger partial charge in [-0.1, -0.05) is 0 Å². The van der Waals surface area contributed by atoms with Gasteiger partial charge in [-0.15, -0.1) is 22.7 Å². The van der Waals surface area contributed by atoms with Crippen LogP contribution in [0.3, 0.4) is 0 Å². The maximum Gasteiger partial charge on any atom is 0.262 e. The van der Waals surface area contributed by atoms with E-state index in [4.69, 9.17) is 4.98 Å². The molecule has 0 atom stereocenters.